The van der Waals surface area contributed by atoms with Crippen molar-refractivity contribution in [3.05, 3.63) is 21.2 Å². The molecule has 22 heavy (non-hydrogen) atoms. The van der Waals surface area contributed by atoms with Crippen molar-refractivity contribution in [2.75, 3.05) is 13.2 Å². The van der Waals surface area contributed by atoms with Gasteiger partial charge in [-0.15, -0.1) is 0 Å². The maximum absolute atomic E-state index is 11.5. The highest BCUT2D eigenvalue weighted by Gasteiger charge is 2.18. The van der Waals surface area contributed by atoms with Gasteiger partial charge in [0.1, 0.15) is 22.2 Å². The van der Waals surface area contributed by atoms with Gasteiger partial charge in [-0.2, -0.15) is 10.5 Å². The standard InChI is InChI=1S/C12H14N4O4S2/c1-3-19-11(17)7(5-13)9(15)21-22-10(16)8(6-14)12(18)20-4-2/h3-4,15-16H2,1-2H3. The maximum Gasteiger partial charge on any atom is 0.351 e. The first kappa shape index (κ1) is 19.7. The van der Waals surface area contributed by atoms with Crippen LogP contribution in [0.5, 0.6) is 0 Å². The molecule has 118 valence electrons. The molecule has 0 spiro atoms. The molecule has 0 aromatic rings. The minimum absolute atomic E-state index is 0.0958. The van der Waals surface area contributed by atoms with Crippen molar-refractivity contribution < 1.29 is 19.1 Å². The first-order valence-electron chi connectivity index (χ1n) is 5.91. The molecule has 8 nitrogen and oxygen atoms in total. The van der Waals surface area contributed by atoms with Gasteiger partial charge in [0.05, 0.1) is 13.2 Å². The van der Waals surface area contributed by atoms with Crippen LogP contribution < -0.4 is 11.5 Å². The predicted octanol–water partition coefficient (Wildman–Crippen LogP) is 0.882. The fourth-order valence-corrected chi connectivity index (χ4v) is 2.63. The Bertz CT molecular complexity index is 535. The lowest BCUT2D eigenvalue weighted by atomic mass is 10.3. The van der Waals surface area contributed by atoms with E-state index in [-0.39, 0.29) is 34.4 Å². The summed E-state index contributed by atoms with van der Waals surface area (Å²) >= 11 is 0. The van der Waals surface area contributed by atoms with E-state index in [4.69, 9.17) is 22.0 Å². The van der Waals surface area contributed by atoms with E-state index in [0.717, 1.165) is 21.6 Å². The smallest absolute Gasteiger partial charge is 0.351 e. The summed E-state index contributed by atoms with van der Waals surface area (Å²) in [5.41, 5.74) is 10.5. The third-order valence-corrected chi connectivity index (χ3v) is 4.07. The van der Waals surface area contributed by atoms with Crippen LogP contribution >= 0.6 is 21.6 Å². The molecular formula is C12H14N4O4S2. The molecule has 0 saturated heterocycles. The Morgan fingerprint density at radius 1 is 0.909 bits per heavy atom. The quantitative estimate of drug-likeness (QED) is 0.295. The van der Waals surface area contributed by atoms with E-state index in [1.165, 1.54) is 0 Å². The Hall–Kier alpha value is -2.30. The van der Waals surface area contributed by atoms with E-state index in [0.29, 0.717) is 0 Å². The molecule has 0 amide bonds. The number of nitriles is 2. The van der Waals surface area contributed by atoms with Gasteiger partial charge >= 0.3 is 11.9 Å². The number of rotatable bonds is 7. The van der Waals surface area contributed by atoms with Crippen LogP contribution in [0.1, 0.15) is 13.8 Å². The lowest BCUT2D eigenvalue weighted by Gasteiger charge is -2.06. The number of ether oxygens (including phenoxy) is 2. The maximum atomic E-state index is 11.5. The molecule has 0 fully saturated rings. The summed E-state index contributed by atoms with van der Waals surface area (Å²) in [4.78, 5) is 22.9. The zero-order valence-electron chi connectivity index (χ0n) is 11.9. The third kappa shape index (κ3) is 5.99. The van der Waals surface area contributed by atoms with Crippen LogP contribution in [0.25, 0.3) is 0 Å². The molecule has 0 saturated carbocycles. The molecule has 0 atom stereocenters. The summed E-state index contributed by atoms with van der Waals surface area (Å²) in [6, 6.07) is 3.26. The minimum Gasteiger partial charge on any atom is -0.462 e. The van der Waals surface area contributed by atoms with Gasteiger partial charge < -0.3 is 20.9 Å². The lowest BCUT2D eigenvalue weighted by molar-refractivity contribution is -0.138. The van der Waals surface area contributed by atoms with Crippen molar-refractivity contribution in [2.24, 2.45) is 11.5 Å². The van der Waals surface area contributed by atoms with Crippen LogP contribution in [0.15, 0.2) is 21.2 Å². The minimum atomic E-state index is -0.857. The molecular weight excluding hydrogens is 328 g/mol. The summed E-state index contributed by atoms with van der Waals surface area (Å²) in [6.07, 6.45) is 0. The van der Waals surface area contributed by atoms with E-state index < -0.39 is 11.9 Å². The molecule has 0 heterocycles. The van der Waals surface area contributed by atoms with Gasteiger partial charge in [-0.3, -0.25) is 0 Å². The Morgan fingerprint density at radius 2 is 1.23 bits per heavy atom. The highest BCUT2D eigenvalue weighted by molar-refractivity contribution is 8.79. The second kappa shape index (κ2) is 10.4. The van der Waals surface area contributed by atoms with Gasteiger partial charge in [-0.05, 0) is 35.4 Å². The monoisotopic (exact) mass is 342 g/mol. The topological polar surface area (TPSA) is 152 Å². The molecule has 4 N–H and O–H groups in total. The number of esters is 2. The second-order valence-corrected chi connectivity index (χ2v) is 5.52. The summed E-state index contributed by atoms with van der Waals surface area (Å²) in [6.45, 7) is 3.37. The first-order chi connectivity index (χ1) is 10.4. The number of nitrogens with two attached hydrogens (primary N) is 2. The van der Waals surface area contributed by atoms with Crippen LogP contribution in [0.3, 0.4) is 0 Å². The average molecular weight is 342 g/mol. The third-order valence-electron chi connectivity index (χ3n) is 1.90. The van der Waals surface area contributed by atoms with E-state index in [2.05, 4.69) is 9.47 Å². The lowest BCUT2D eigenvalue weighted by Crippen LogP contribution is -2.12. The van der Waals surface area contributed by atoms with E-state index in [1.807, 2.05) is 0 Å². The fraction of sp³-hybridized carbons (Fsp3) is 0.333. The summed E-state index contributed by atoms with van der Waals surface area (Å²) in [7, 11) is 1.52. The average Bonchev–Trinajstić information content (AvgIpc) is 2.47. The highest BCUT2D eigenvalue weighted by Crippen LogP contribution is 2.34. The number of hydrogen-bond donors (Lipinski definition) is 2. The Kier molecular flexibility index (Phi) is 9.34. The van der Waals surface area contributed by atoms with Crippen LogP contribution in [0.2, 0.25) is 0 Å². The van der Waals surface area contributed by atoms with Gasteiger partial charge in [0.2, 0.25) is 0 Å². The van der Waals surface area contributed by atoms with Crippen molar-refractivity contribution in [3.8, 4) is 12.1 Å². The molecule has 0 radical (unpaired) electrons. The second-order valence-electron chi connectivity index (χ2n) is 3.31. The van der Waals surface area contributed by atoms with Gasteiger partial charge in [-0.1, -0.05) is 0 Å². The van der Waals surface area contributed by atoms with Crippen LogP contribution in [0, 0.1) is 22.7 Å². The molecule has 10 heteroatoms. The van der Waals surface area contributed by atoms with Crippen molar-refractivity contribution >= 4 is 33.5 Å². The Morgan fingerprint density at radius 3 is 1.45 bits per heavy atom. The number of carbonyl (C=O) groups is 2. The van der Waals surface area contributed by atoms with Crippen LogP contribution in [0.4, 0.5) is 0 Å². The van der Waals surface area contributed by atoms with Gasteiger partial charge in [0.25, 0.3) is 0 Å². The normalized spacial score (nSPS) is 12.2. The molecule has 0 aromatic heterocycles. The molecule has 0 aliphatic carbocycles. The summed E-state index contributed by atoms with van der Waals surface area (Å²) < 4.78 is 9.34. The van der Waals surface area contributed by atoms with Crippen molar-refractivity contribution in [3.63, 3.8) is 0 Å². The molecule has 0 rings (SSSR count). The van der Waals surface area contributed by atoms with Crippen molar-refractivity contribution in [1.82, 2.24) is 0 Å². The van der Waals surface area contributed by atoms with E-state index >= 15 is 0 Å². The van der Waals surface area contributed by atoms with E-state index in [9.17, 15) is 9.59 Å². The van der Waals surface area contributed by atoms with Crippen molar-refractivity contribution in [1.29, 1.82) is 10.5 Å². The predicted molar refractivity (Wildman–Crippen MR) is 82.1 cm³/mol. The summed E-state index contributed by atoms with van der Waals surface area (Å²) in [5, 5.41) is 17.5. The van der Waals surface area contributed by atoms with Crippen LogP contribution in [-0.4, -0.2) is 25.2 Å². The Labute approximate surface area is 135 Å². The van der Waals surface area contributed by atoms with Crippen LogP contribution in [-0.2, 0) is 19.1 Å². The molecule has 0 aromatic carbocycles. The molecule has 0 aliphatic heterocycles. The zero-order chi connectivity index (χ0) is 17.1. The van der Waals surface area contributed by atoms with Gasteiger partial charge in [0, 0.05) is 0 Å². The van der Waals surface area contributed by atoms with Gasteiger partial charge in [0.15, 0.2) is 11.1 Å². The van der Waals surface area contributed by atoms with Gasteiger partial charge in [-0.25, -0.2) is 9.59 Å². The fourth-order valence-electron chi connectivity index (χ4n) is 0.982. The Balaban J connectivity index is 5.12. The molecule has 0 bridgehead atoms. The SMILES string of the molecule is CCOC(=O)C(C#N)=C(N)SSC(N)=C(C#N)C(=O)OCC. The van der Waals surface area contributed by atoms with E-state index in [1.54, 1.807) is 26.0 Å². The number of hydrogen-bond acceptors (Lipinski definition) is 10. The van der Waals surface area contributed by atoms with Crippen molar-refractivity contribution in [2.45, 2.75) is 13.8 Å². The zero-order valence-corrected chi connectivity index (χ0v) is 13.5. The number of carbonyl (C=O) groups excluding carboxylic acids is 2. The molecule has 0 aliphatic rings. The summed E-state index contributed by atoms with van der Waals surface area (Å²) in [5.74, 6) is -1.71. The molecule has 0 unspecified atom stereocenters. The largest absolute Gasteiger partial charge is 0.462 e. The highest BCUT2D eigenvalue weighted by atomic mass is 33.1. The first-order valence-corrected chi connectivity index (χ1v) is 8.06. The number of nitrogens with zero attached hydrogens (tertiary/aromatic N) is 2.